The fourth-order valence-corrected chi connectivity index (χ4v) is 2.94. The Labute approximate surface area is 165 Å². The van der Waals surface area contributed by atoms with Crippen LogP contribution in [0.25, 0.3) is 0 Å². The summed E-state index contributed by atoms with van der Waals surface area (Å²) in [6.07, 6.45) is 3.36. The van der Waals surface area contributed by atoms with E-state index in [9.17, 15) is 4.79 Å². The lowest BCUT2D eigenvalue weighted by atomic mass is 10.1. The van der Waals surface area contributed by atoms with Crippen LogP contribution in [-0.4, -0.2) is 17.0 Å². The van der Waals surface area contributed by atoms with Crippen molar-refractivity contribution in [2.45, 2.75) is 33.8 Å². The van der Waals surface area contributed by atoms with Crippen molar-refractivity contribution in [3.05, 3.63) is 77.6 Å². The largest absolute Gasteiger partial charge is 0.491 e. The molecule has 144 valence electrons. The van der Waals surface area contributed by atoms with Gasteiger partial charge in [-0.2, -0.15) is 0 Å². The van der Waals surface area contributed by atoms with E-state index >= 15 is 0 Å². The van der Waals surface area contributed by atoms with Gasteiger partial charge in [0.1, 0.15) is 5.75 Å². The van der Waals surface area contributed by atoms with Gasteiger partial charge in [0.25, 0.3) is 5.91 Å². The summed E-state index contributed by atoms with van der Waals surface area (Å²) < 4.78 is 5.62. The van der Waals surface area contributed by atoms with Crippen LogP contribution >= 0.6 is 0 Å². The van der Waals surface area contributed by atoms with Gasteiger partial charge in [-0.3, -0.25) is 9.78 Å². The summed E-state index contributed by atoms with van der Waals surface area (Å²) in [7, 11) is 0. The van der Waals surface area contributed by atoms with Crippen LogP contribution in [-0.2, 0) is 0 Å². The zero-order valence-corrected chi connectivity index (χ0v) is 16.6. The average Bonchev–Trinajstić information content (AvgIpc) is 2.62. The number of rotatable bonds is 6. The summed E-state index contributed by atoms with van der Waals surface area (Å²) in [5, 5.41) is 6.20. The number of pyridine rings is 1. The molecular formula is C23H25N3O2. The normalized spacial score (nSPS) is 10.6. The van der Waals surface area contributed by atoms with E-state index in [0.717, 1.165) is 17.1 Å². The van der Waals surface area contributed by atoms with E-state index in [2.05, 4.69) is 47.7 Å². The molecule has 0 saturated carbocycles. The van der Waals surface area contributed by atoms with Gasteiger partial charge in [0.2, 0.25) is 0 Å². The molecule has 2 aromatic carbocycles. The van der Waals surface area contributed by atoms with E-state index in [1.165, 1.54) is 11.1 Å². The monoisotopic (exact) mass is 375 g/mol. The van der Waals surface area contributed by atoms with Crippen LogP contribution in [0.2, 0.25) is 0 Å². The topological polar surface area (TPSA) is 63.2 Å². The van der Waals surface area contributed by atoms with E-state index in [-0.39, 0.29) is 12.0 Å². The van der Waals surface area contributed by atoms with Crippen LogP contribution in [0.4, 0.5) is 17.1 Å². The molecule has 0 unspecified atom stereocenters. The van der Waals surface area contributed by atoms with Gasteiger partial charge in [-0.15, -0.1) is 0 Å². The molecule has 0 bridgehead atoms. The first kappa shape index (κ1) is 19.4. The van der Waals surface area contributed by atoms with Gasteiger partial charge in [-0.1, -0.05) is 6.07 Å². The second-order valence-corrected chi connectivity index (χ2v) is 7.11. The highest BCUT2D eigenvalue weighted by Crippen LogP contribution is 2.21. The molecule has 1 aromatic heterocycles. The molecule has 0 aliphatic heterocycles. The maximum atomic E-state index is 12.6. The van der Waals surface area contributed by atoms with Crippen LogP contribution in [0.5, 0.6) is 5.75 Å². The Kier molecular flexibility index (Phi) is 5.94. The van der Waals surface area contributed by atoms with E-state index < -0.39 is 0 Å². The lowest BCUT2D eigenvalue weighted by Crippen LogP contribution is -2.12. The first-order valence-corrected chi connectivity index (χ1v) is 9.27. The number of amides is 1. The van der Waals surface area contributed by atoms with Crippen molar-refractivity contribution in [2.75, 3.05) is 10.6 Å². The standard InChI is InChI=1S/C23H25N3O2/c1-15(2)28-22-7-5-19(6-8-22)26-23(27)18-12-21(14-24-13-18)25-20-10-16(3)9-17(4)11-20/h5-15,25H,1-4H3,(H,26,27). The van der Waals surface area contributed by atoms with Crippen LogP contribution < -0.4 is 15.4 Å². The average molecular weight is 375 g/mol. The molecule has 5 nitrogen and oxygen atoms in total. The number of carbonyl (C=O) groups excluding carboxylic acids is 1. The van der Waals surface area contributed by atoms with Crippen LogP contribution in [0.15, 0.2) is 60.9 Å². The molecular weight excluding hydrogens is 350 g/mol. The minimum atomic E-state index is -0.214. The molecule has 0 fully saturated rings. The number of nitrogens with zero attached hydrogens (tertiary/aromatic N) is 1. The minimum Gasteiger partial charge on any atom is -0.491 e. The number of anilines is 3. The van der Waals surface area contributed by atoms with Gasteiger partial charge in [0, 0.05) is 17.6 Å². The van der Waals surface area contributed by atoms with Crippen LogP contribution in [0.1, 0.15) is 35.3 Å². The Morgan fingerprint density at radius 2 is 1.57 bits per heavy atom. The molecule has 3 rings (SSSR count). The molecule has 28 heavy (non-hydrogen) atoms. The Bertz CT molecular complexity index is 946. The summed E-state index contributed by atoms with van der Waals surface area (Å²) in [4.78, 5) is 16.8. The second kappa shape index (κ2) is 8.57. The highest BCUT2D eigenvalue weighted by molar-refractivity contribution is 6.04. The number of nitrogens with one attached hydrogen (secondary N) is 2. The lowest BCUT2D eigenvalue weighted by Gasteiger charge is -2.11. The molecule has 0 radical (unpaired) electrons. The quantitative estimate of drug-likeness (QED) is 0.599. The predicted molar refractivity (Wildman–Crippen MR) is 114 cm³/mol. The fourth-order valence-electron chi connectivity index (χ4n) is 2.94. The number of aromatic nitrogens is 1. The minimum absolute atomic E-state index is 0.110. The summed E-state index contributed by atoms with van der Waals surface area (Å²) in [5.74, 6) is 0.559. The van der Waals surface area contributed by atoms with Gasteiger partial charge in [-0.25, -0.2) is 0 Å². The Morgan fingerprint density at radius 3 is 2.21 bits per heavy atom. The summed E-state index contributed by atoms with van der Waals surface area (Å²) >= 11 is 0. The van der Waals surface area contributed by atoms with Crippen molar-refractivity contribution in [1.29, 1.82) is 0 Å². The van der Waals surface area contributed by atoms with E-state index in [0.29, 0.717) is 11.3 Å². The van der Waals surface area contributed by atoms with Crippen LogP contribution in [0.3, 0.4) is 0 Å². The number of hydrogen-bond donors (Lipinski definition) is 2. The maximum absolute atomic E-state index is 12.6. The summed E-state index contributed by atoms with van der Waals surface area (Å²) in [6, 6.07) is 15.3. The molecule has 5 heteroatoms. The van der Waals surface area contributed by atoms with Gasteiger partial charge in [-0.05, 0) is 81.3 Å². The third-order valence-electron chi connectivity index (χ3n) is 3.99. The molecule has 0 saturated heterocycles. The summed E-state index contributed by atoms with van der Waals surface area (Å²) in [5.41, 5.74) is 5.27. The third kappa shape index (κ3) is 5.33. The predicted octanol–water partition coefficient (Wildman–Crippen LogP) is 5.48. The van der Waals surface area contributed by atoms with Crippen molar-refractivity contribution in [2.24, 2.45) is 0 Å². The van der Waals surface area contributed by atoms with E-state index in [1.54, 1.807) is 18.5 Å². The zero-order chi connectivity index (χ0) is 20.1. The highest BCUT2D eigenvalue weighted by Gasteiger charge is 2.09. The molecule has 3 aromatic rings. The number of hydrogen-bond acceptors (Lipinski definition) is 4. The van der Waals surface area contributed by atoms with E-state index in [4.69, 9.17) is 4.74 Å². The number of benzene rings is 2. The second-order valence-electron chi connectivity index (χ2n) is 7.11. The first-order chi connectivity index (χ1) is 13.4. The summed E-state index contributed by atoms with van der Waals surface area (Å²) in [6.45, 7) is 8.05. The number of ether oxygens (including phenoxy) is 1. The van der Waals surface area contributed by atoms with Crippen molar-refractivity contribution < 1.29 is 9.53 Å². The Balaban J connectivity index is 1.69. The van der Waals surface area contributed by atoms with Gasteiger partial charge < -0.3 is 15.4 Å². The van der Waals surface area contributed by atoms with Gasteiger partial charge in [0.15, 0.2) is 0 Å². The molecule has 1 amide bonds. The van der Waals surface area contributed by atoms with Gasteiger partial charge >= 0.3 is 0 Å². The van der Waals surface area contributed by atoms with E-state index in [1.807, 2.05) is 38.1 Å². The van der Waals surface area contributed by atoms with Crippen molar-refractivity contribution in [3.63, 3.8) is 0 Å². The third-order valence-corrected chi connectivity index (χ3v) is 3.99. The lowest BCUT2D eigenvalue weighted by molar-refractivity contribution is 0.102. The molecule has 2 N–H and O–H groups in total. The van der Waals surface area contributed by atoms with Gasteiger partial charge in [0.05, 0.1) is 23.6 Å². The number of aryl methyl sites for hydroxylation is 2. The smallest absolute Gasteiger partial charge is 0.257 e. The molecule has 0 aliphatic rings. The highest BCUT2D eigenvalue weighted by atomic mass is 16.5. The molecule has 1 heterocycles. The van der Waals surface area contributed by atoms with Crippen LogP contribution in [0, 0.1) is 13.8 Å². The zero-order valence-electron chi connectivity index (χ0n) is 16.6. The SMILES string of the molecule is Cc1cc(C)cc(Nc2cncc(C(=O)Nc3ccc(OC(C)C)cc3)c2)c1. The Morgan fingerprint density at radius 1 is 0.893 bits per heavy atom. The van der Waals surface area contributed by atoms with Crippen molar-refractivity contribution >= 4 is 23.0 Å². The maximum Gasteiger partial charge on any atom is 0.257 e. The van der Waals surface area contributed by atoms with Crippen molar-refractivity contribution in [3.8, 4) is 5.75 Å². The first-order valence-electron chi connectivity index (χ1n) is 9.27. The molecule has 0 spiro atoms. The molecule has 0 atom stereocenters. The van der Waals surface area contributed by atoms with Crippen molar-refractivity contribution in [1.82, 2.24) is 4.98 Å². The molecule has 0 aliphatic carbocycles. The fraction of sp³-hybridized carbons (Fsp3) is 0.217. The number of carbonyl (C=O) groups is 1. The Hall–Kier alpha value is -3.34.